The first kappa shape index (κ1) is 7.17. The van der Waals surface area contributed by atoms with E-state index in [9.17, 15) is 0 Å². The fourth-order valence-corrected chi connectivity index (χ4v) is 0.650. The highest BCUT2D eigenvalue weighted by Gasteiger charge is 2.07. The van der Waals surface area contributed by atoms with Gasteiger partial charge in [-0.1, -0.05) is 0 Å². The van der Waals surface area contributed by atoms with Gasteiger partial charge in [-0.3, -0.25) is 0 Å². The van der Waals surface area contributed by atoms with Crippen LogP contribution in [0.3, 0.4) is 0 Å². The first-order chi connectivity index (χ1) is 5.38. The Kier molecular flexibility index (Phi) is 2.14. The predicted molar refractivity (Wildman–Crippen MR) is 36.0 cm³/mol. The van der Waals surface area contributed by atoms with Crippen LogP contribution in [-0.4, -0.2) is 10.2 Å². The Morgan fingerprint density at radius 2 is 2.00 bits per heavy atom. The molecule has 0 fully saturated rings. The van der Waals surface area contributed by atoms with Crippen molar-refractivity contribution >= 4 is 0 Å². The second-order valence-corrected chi connectivity index (χ2v) is 1.87. The lowest BCUT2D eigenvalue weighted by Crippen LogP contribution is -1.92. The van der Waals surface area contributed by atoms with E-state index < -0.39 is 5.92 Å². The van der Waals surface area contributed by atoms with Crippen LogP contribution >= 0.6 is 0 Å². The van der Waals surface area contributed by atoms with Gasteiger partial charge in [0, 0.05) is 11.8 Å². The molecule has 1 aromatic heterocycles. The minimum atomic E-state index is -0.731. The summed E-state index contributed by atoms with van der Waals surface area (Å²) in [6, 6.07) is 5.28. The minimum Gasteiger partial charge on any atom is -0.196 e. The van der Waals surface area contributed by atoms with Crippen LogP contribution in [0.4, 0.5) is 0 Å². The molecule has 0 aliphatic heterocycles. The van der Waals surface area contributed by atoms with Gasteiger partial charge in [0.15, 0.2) is 5.92 Å². The van der Waals surface area contributed by atoms with Crippen LogP contribution in [0.1, 0.15) is 11.5 Å². The Morgan fingerprint density at radius 3 is 2.45 bits per heavy atom. The summed E-state index contributed by atoms with van der Waals surface area (Å²) >= 11 is 0. The molecule has 0 bridgehead atoms. The van der Waals surface area contributed by atoms with E-state index in [1.807, 2.05) is 12.1 Å². The van der Waals surface area contributed by atoms with E-state index in [-0.39, 0.29) is 0 Å². The molecule has 1 aromatic rings. The summed E-state index contributed by atoms with van der Waals surface area (Å²) in [5, 5.41) is 24.0. The van der Waals surface area contributed by atoms with Crippen molar-refractivity contribution in [2.45, 2.75) is 5.92 Å². The van der Waals surface area contributed by atoms with E-state index in [4.69, 9.17) is 10.5 Å². The van der Waals surface area contributed by atoms with Crippen molar-refractivity contribution in [1.29, 1.82) is 10.5 Å². The molecule has 1 heterocycles. The normalized spacial score (nSPS) is 8.64. The van der Waals surface area contributed by atoms with Gasteiger partial charge in [-0.05, 0) is 6.07 Å². The Labute approximate surface area is 63.7 Å². The quantitative estimate of drug-likeness (QED) is 0.578. The van der Waals surface area contributed by atoms with Crippen LogP contribution in [0.5, 0.6) is 0 Å². The molecule has 0 radical (unpaired) electrons. The number of rotatable bonds is 1. The summed E-state index contributed by atoms with van der Waals surface area (Å²) in [6.45, 7) is 0. The summed E-state index contributed by atoms with van der Waals surface area (Å²) in [4.78, 5) is 0. The summed E-state index contributed by atoms with van der Waals surface area (Å²) < 4.78 is 0. The van der Waals surface area contributed by atoms with Crippen molar-refractivity contribution in [3.63, 3.8) is 0 Å². The molecule has 0 aromatic carbocycles. The van der Waals surface area contributed by atoms with Crippen molar-refractivity contribution in [2.24, 2.45) is 0 Å². The molecular formula is C7H4N4. The summed E-state index contributed by atoms with van der Waals surface area (Å²) in [5.41, 5.74) is 0.588. The third-order valence-corrected chi connectivity index (χ3v) is 1.20. The van der Waals surface area contributed by atoms with Gasteiger partial charge in [-0.25, -0.2) is 0 Å². The maximum Gasteiger partial charge on any atom is 0.159 e. The smallest absolute Gasteiger partial charge is 0.159 e. The molecule has 52 valence electrons. The Morgan fingerprint density at radius 1 is 1.27 bits per heavy atom. The molecule has 0 aliphatic carbocycles. The van der Waals surface area contributed by atoms with Crippen LogP contribution in [0.15, 0.2) is 18.5 Å². The highest BCUT2D eigenvalue weighted by molar-refractivity contribution is 5.27. The third kappa shape index (κ3) is 1.50. The summed E-state index contributed by atoms with van der Waals surface area (Å²) in [6.07, 6.45) is 2.87. The van der Waals surface area contributed by atoms with Gasteiger partial charge in [-0.15, -0.1) is 0 Å². The molecule has 0 aliphatic rings. The van der Waals surface area contributed by atoms with Gasteiger partial charge >= 0.3 is 0 Å². The first-order valence-electron chi connectivity index (χ1n) is 2.94. The minimum absolute atomic E-state index is 0.588. The molecule has 4 heteroatoms. The fraction of sp³-hybridized carbons (Fsp3) is 0.143. The Hall–Kier alpha value is -1.94. The molecule has 4 nitrogen and oxygen atoms in total. The average Bonchev–Trinajstić information content (AvgIpc) is 2.09. The zero-order valence-electron chi connectivity index (χ0n) is 5.60. The molecule has 0 N–H and O–H groups in total. The zero-order chi connectivity index (χ0) is 8.10. The number of hydrogen-bond acceptors (Lipinski definition) is 4. The van der Waals surface area contributed by atoms with Gasteiger partial charge < -0.3 is 0 Å². The van der Waals surface area contributed by atoms with Crippen molar-refractivity contribution in [2.75, 3.05) is 0 Å². The standard InChI is InChI=1S/C7H4N4/c8-3-7(4-9)6-1-2-10-11-5-6/h1-2,5,7H. The van der Waals surface area contributed by atoms with Crippen LogP contribution in [0.2, 0.25) is 0 Å². The number of aromatic nitrogens is 2. The summed E-state index contributed by atoms with van der Waals surface area (Å²) in [7, 11) is 0. The zero-order valence-corrected chi connectivity index (χ0v) is 5.60. The van der Waals surface area contributed by atoms with Gasteiger partial charge in [0.2, 0.25) is 0 Å². The third-order valence-electron chi connectivity index (χ3n) is 1.20. The van der Waals surface area contributed by atoms with Crippen molar-refractivity contribution in [3.05, 3.63) is 24.0 Å². The topological polar surface area (TPSA) is 73.4 Å². The molecule has 0 amide bonds. The van der Waals surface area contributed by atoms with Gasteiger partial charge in [0.05, 0.1) is 18.3 Å². The second-order valence-electron chi connectivity index (χ2n) is 1.87. The number of hydrogen-bond donors (Lipinski definition) is 0. The van der Waals surface area contributed by atoms with E-state index in [0.717, 1.165) is 0 Å². The molecule has 0 unspecified atom stereocenters. The SMILES string of the molecule is N#CC(C#N)c1ccnnc1. The fourth-order valence-electron chi connectivity index (χ4n) is 0.650. The van der Waals surface area contributed by atoms with Crippen LogP contribution in [0.25, 0.3) is 0 Å². The van der Waals surface area contributed by atoms with Crippen LogP contribution in [0, 0.1) is 22.7 Å². The molecule has 1 rings (SSSR count). The largest absolute Gasteiger partial charge is 0.196 e. The van der Waals surface area contributed by atoms with Crippen molar-refractivity contribution < 1.29 is 0 Å². The van der Waals surface area contributed by atoms with Crippen LogP contribution in [-0.2, 0) is 0 Å². The van der Waals surface area contributed by atoms with Gasteiger partial charge in [0.1, 0.15) is 0 Å². The molecule has 0 saturated heterocycles. The van der Waals surface area contributed by atoms with Gasteiger partial charge in [0.25, 0.3) is 0 Å². The highest BCUT2D eigenvalue weighted by Crippen LogP contribution is 2.09. The lowest BCUT2D eigenvalue weighted by molar-refractivity contribution is 0.975. The number of nitriles is 2. The molecule has 11 heavy (non-hydrogen) atoms. The maximum absolute atomic E-state index is 8.46. The molecule has 0 atom stereocenters. The van der Waals surface area contributed by atoms with Gasteiger partial charge in [-0.2, -0.15) is 20.7 Å². The van der Waals surface area contributed by atoms with E-state index in [0.29, 0.717) is 5.56 Å². The second kappa shape index (κ2) is 3.28. The lowest BCUT2D eigenvalue weighted by atomic mass is 10.1. The molecular weight excluding hydrogens is 140 g/mol. The molecule has 0 spiro atoms. The van der Waals surface area contributed by atoms with Crippen molar-refractivity contribution in [1.82, 2.24) is 10.2 Å². The van der Waals surface area contributed by atoms with Crippen LogP contribution < -0.4 is 0 Å². The highest BCUT2D eigenvalue weighted by atomic mass is 15.1. The van der Waals surface area contributed by atoms with E-state index >= 15 is 0 Å². The molecule has 0 saturated carbocycles. The van der Waals surface area contributed by atoms with E-state index in [1.165, 1.54) is 12.4 Å². The first-order valence-corrected chi connectivity index (χ1v) is 2.94. The summed E-state index contributed by atoms with van der Waals surface area (Å²) in [5.74, 6) is -0.731. The van der Waals surface area contributed by atoms with Crippen molar-refractivity contribution in [3.8, 4) is 12.1 Å². The number of nitrogens with zero attached hydrogens (tertiary/aromatic N) is 4. The lowest BCUT2D eigenvalue weighted by Gasteiger charge is -1.95. The predicted octanol–water partition coefficient (Wildman–Crippen LogP) is 0.607. The van der Waals surface area contributed by atoms with E-state index in [1.54, 1.807) is 6.07 Å². The monoisotopic (exact) mass is 144 g/mol. The average molecular weight is 144 g/mol. The Bertz CT molecular complexity index is 291. The Balaban J connectivity index is 2.96. The maximum atomic E-state index is 8.46. The van der Waals surface area contributed by atoms with E-state index in [2.05, 4.69) is 10.2 Å².